The number of para-hydroxylation sites is 1. The number of esters is 1. The molecule has 0 bridgehead atoms. The number of benzene rings is 4. The predicted molar refractivity (Wildman–Crippen MR) is 181 cm³/mol. The van der Waals surface area contributed by atoms with Gasteiger partial charge in [0.05, 0.1) is 35.6 Å². The Morgan fingerprint density at radius 1 is 0.935 bits per heavy atom. The molecule has 0 saturated carbocycles. The number of carbonyl (C=O) groups is 1. The predicted octanol–water partition coefficient (Wildman–Crippen LogP) is 6.83. The number of thiazole rings is 1. The van der Waals surface area contributed by atoms with Gasteiger partial charge in [0.1, 0.15) is 6.61 Å². The number of methoxy groups -OCH3 is 1. The van der Waals surface area contributed by atoms with Gasteiger partial charge in [0.2, 0.25) is 0 Å². The van der Waals surface area contributed by atoms with Crippen molar-refractivity contribution in [2.24, 2.45) is 4.99 Å². The van der Waals surface area contributed by atoms with Gasteiger partial charge in [0.25, 0.3) is 5.56 Å². The lowest BCUT2D eigenvalue weighted by molar-refractivity contribution is -0.138. The molecule has 232 valence electrons. The number of fused-ring (bicyclic) bond motifs is 1. The second-order valence-electron chi connectivity index (χ2n) is 10.3. The van der Waals surface area contributed by atoms with Crippen molar-refractivity contribution in [1.82, 2.24) is 4.57 Å². The Labute approximate surface area is 279 Å². The summed E-state index contributed by atoms with van der Waals surface area (Å²) >= 11 is 13.5. The fraction of sp³-hybridized carbons (Fsp3) is 0.139. The molecule has 46 heavy (non-hydrogen) atoms. The third-order valence-corrected chi connectivity index (χ3v) is 8.86. The first-order valence-corrected chi connectivity index (χ1v) is 16.0. The van der Waals surface area contributed by atoms with Gasteiger partial charge in [-0.05, 0) is 54.5 Å². The first kappa shape index (κ1) is 31.4. The van der Waals surface area contributed by atoms with Crippen LogP contribution >= 0.6 is 34.5 Å². The van der Waals surface area contributed by atoms with Crippen LogP contribution in [0.5, 0.6) is 11.5 Å². The molecule has 1 aromatic heterocycles. The molecular weight excluding hydrogens is 643 g/mol. The Kier molecular flexibility index (Phi) is 9.40. The summed E-state index contributed by atoms with van der Waals surface area (Å²) in [6, 6.07) is 28.5. The fourth-order valence-corrected chi connectivity index (χ4v) is 6.48. The molecule has 0 unspecified atom stereocenters. The van der Waals surface area contributed by atoms with Crippen LogP contribution in [-0.4, -0.2) is 24.3 Å². The second-order valence-corrected chi connectivity index (χ2v) is 12.2. The molecule has 2 heterocycles. The first-order chi connectivity index (χ1) is 22.4. The van der Waals surface area contributed by atoms with Crippen LogP contribution < -0.4 is 24.4 Å². The van der Waals surface area contributed by atoms with E-state index < -0.39 is 12.0 Å². The maximum absolute atomic E-state index is 14.3. The SMILES string of the molecule is CCOC(=O)C1=C(c2ccccc2)N=c2s/c(=C\c3cccc(OC)c3OCc3ccc(Cl)cc3)c(=O)n2[C@H]1c1ccc(Cl)cc1. The fourth-order valence-electron chi connectivity index (χ4n) is 5.24. The summed E-state index contributed by atoms with van der Waals surface area (Å²) in [5.41, 5.74) is 3.38. The van der Waals surface area contributed by atoms with Crippen LogP contribution in [-0.2, 0) is 16.1 Å². The number of nitrogens with zero attached hydrogens (tertiary/aromatic N) is 2. The lowest BCUT2D eigenvalue weighted by Crippen LogP contribution is -2.40. The van der Waals surface area contributed by atoms with E-state index in [0.717, 1.165) is 11.1 Å². The molecule has 0 amide bonds. The largest absolute Gasteiger partial charge is 0.493 e. The Balaban J connectivity index is 1.54. The topological polar surface area (TPSA) is 79.1 Å². The van der Waals surface area contributed by atoms with Crippen LogP contribution in [0.15, 0.2) is 112 Å². The van der Waals surface area contributed by atoms with Crippen LogP contribution in [0.3, 0.4) is 0 Å². The van der Waals surface area contributed by atoms with Crippen molar-refractivity contribution >= 4 is 52.3 Å². The summed E-state index contributed by atoms with van der Waals surface area (Å²) in [5.74, 6) is 0.452. The van der Waals surface area contributed by atoms with Crippen LogP contribution in [0.1, 0.15) is 35.2 Å². The number of halogens is 2. The highest BCUT2D eigenvalue weighted by Gasteiger charge is 2.35. The van der Waals surface area contributed by atoms with E-state index in [1.54, 1.807) is 55.0 Å². The zero-order valence-corrected chi connectivity index (χ0v) is 27.2. The summed E-state index contributed by atoms with van der Waals surface area (Å²) in [6.45, 7) is 2.17. The molecule has 0 N–H and O–H groups in total. The minimum Gasteiger partial charge on any atom is -0.493 e. The van der Waals surface area contributed by atoms with E-state index in [-0.39, 0.29) is 24.3 Å². The van der Waals surface area contributed by atoms with Crippen molar-refractivity contribution < 1.29 is 19.0 Å². The average molecular weight is 672 g/mol. The third-order valence-electron chi connectivity index (χ3n) is 7.37. The summed E-state index contributed by atoms with van der Waals surface area (Å²) in [6.07, 6.45) is 1.76. The lowest BCUT2D eigenvalue weighted by Gasteiger charge is -2.26. The van der Waals surface area contributed by atoms with Gasteiger partial charge in [-0.15, -0.1) is 0 Å². The molecule has 0 saturated heterocycles. The molecule has 6 rings (SSSR count). The van der Waals surface area contributed by atoms with Crippen molar-refractivity contribution in [2.45, 2.75) is 19.6 Å². The van der Waals surface area contributed by atoms with Crippen LogP contribution in [0.2, 0.25) is 10.0 Å². The standard InChI is InChI=1S/C36H28Cl2N2O5S/c1-3-44-35(42)30-31(23-8-5-4-6-9-23)39-36-40(32(30)24-14-18-27(38)19-15-24)34(41)29(46-36)20-25-10-7-11-28(43-2)33(25)45-21-22-12-16-26(37)17-13-22/h4-20,32H,3,21H2,1-2H3/b29-20-/t32-/m0/s1. The van der Waals surface area contributed by atoms with Gasteiger partial charge in [-0.25, -0.2) is 9.79 Å². The summed E-state index contributed by atoms with van der Waals surface area (Å²) in [7, 11) is 1.57. The molecule has 0 fully saturated rings. The highest BCUT2D eigenvalue weighted by molar-refractivity contribution is 7.07. The molecule has 1 aliphatic heterocycles. The van der Waals surface area contributed by atoms with Crippen molar-refractivity contribution in [2.75, 3.05) is 13.7 Å². The smallest absolute Gasteiger partial charge is 0.338 e. The van der Waals surface area contributed by atoms with Gasteiger partial charge in [0.15, 0.2) is 16.3 Å². The quantitative estimate of drug-likeness (QED) is 0.161. The molecule has 5 aromatic rings. The molecule has 1 aliphatic rings. The minimum atomic E-state index is -0.809. The van der Waals surface area contributed by atoms with Gasteiger partial charge in [-0.3, -0.25) is 9.36 Å². The maximum atomic E-state index is 14.3. The second kappa shape index (κ2) is 13.8. The van der Waals surface area contributed by atoms with Crippen LogP contribution in [0.4, 0.5) is 0 Å². The lowest BCUT2D eigenvalue weighted by atomic mass is 9.93. The Morgan fingerprint density at radius 2 is 1.63 bits per heavy atom. The average Bonchev–Trinajstić information content (AvgIpc) is 3.38. The number of carbonyl (C=O) groups excluding carboxylic acids is 1. The number of hydrogen-bond acceptors (Lipinski definition) is 7. The van der Waals surface area contributed by atoms with Crippen molar-refractivity contribution in [3.05, 3.63) is 155 Å². The van der Waals surface area contributed by atoms with E-state index in [1.807, 2.05) is 66.7 Å². The van der Waals surface area contributed by atoms with Gasteiger partial charge in [0, 0.05) is 21.2 Å². The highest BCUT2D eigenvalue weighted by atomic mass is 35.5. The summed E-state index contributed by atoms with van der Waals surface area (Å²) in [4.78, 5) is 33.3. The number of ether oxygens (including phenoxy) is 3. The van der Waals surface area contributed by atoms with E-state index in [2.05, 4.69) is 0 Å². The first-order valence-electron chi connectivity index (χ1n) is 14.5. The molecule has 10 heteroatoms. The number of hydrogen-bond donors (Lipinski definition) is 0. The molecular formula is C36H28Cl2N2O5S. The van der Waals surface area contributed by atoms with E-state index in [1.165, 1.54) is 11.3 Å². The van der Waals surface area contributed by atoms with Crippen molar-refractivity contribution in [3.8, 4) is 11.5 Å². The van der Waals surface area contributed by atoms with Crippen LogP contribution in [0, 0.1) is 0 Å². The molecule has 0 aliphatic carbocycles. The van der Waals surface area contributed by atoms with E-state index >= 15 is 0 Å². The van der Waals surface area contributed by atoms with Crippen LogP contribution in [0.25, 0.3) is 11.8 Å². The Hall–Kier alpha value is -4.63. The summed E-state index contributed by atoms with van der Waals surface area (Å²) < 4.78 is 19.4. The monoisotopic (exact) mass is 670 g/mol. The number of rotatable bonds is 9. The third kappa shape index (κ3) is 6.37. The van der Waals surface area contributed by atoms with Gasteiger partial charge < -0.3 is 14.2 Å². The Morgan fingerprint density at radius 3 is 2.30 bits per heavy atom. The molecule has 0 spiro atoms. The zero-order valence-electron chi connectivity index (χ0n) is 24.9. The van der Waals surface area contributed by atoms with E-state index in [4.69, 9.17) is 42.4 Å². The van der Waals surface area contributed by atoms with Crippen molar-refractivity contribution in [3.63, 3.8) is 0 Å². The van der Waals surface area contributed by atoms with Gasteiger partial charge >= 0.3 is 5.97 Å². The molecule has 4 aromatic carbocycles. The van der Waals surface area contributed by atoms with Crippen molar-refractivity contribution in [1.29, 1.82) is 0 Å². The van der Waals surface area contributed by atoms with Gasteiger partial charge in [-0.1, -0.05) is 101 Å². The molecule has 0 radical (unpaired) electrons. The Bertz CT molecular complexity index is 2110. The normalized spacial score (nSPS) is 14.4. The zero-order chi connectivity index (χ0) is 32.2. The molecule has 7 nitrogen and oxygen atoms in total. The van der Waals surface area contributed by atoms with E-state index in [0.29, 0.717) is 47.7 Å². The summed E-state index contributed by atoms with van der Waals surface area (Å²) in [5, 5.41) is 1.17. The van der Waals surface area contributed by atoms with Gasteiger partial charge in [-0.2, -0.15) is 0 Å². The van der Waals surface area contributed by atoms with E-state index in [9.17, 15) is 9.59 Å². The minimum absolute atomic E-state index is 0.163. The highest BCUT2D eigenvalue weighted by Crippen LogP contribution is 2.36. The maximum Gasteiger partial charge on any atom is 0.338 e. The molecule has 1 atom stereocenters. The number of aromatic nitrogens is 1.